The van der Waals surface area contributed by atoms with Crippen LogP contribution in [0.15, 0.2) is 48.5 Å². The van der Waals surface area contributed by atoms with Gasteiger partial charge in [0.25, 0.3) is 0 Å². The van der Waals surface area contributed by atoms with Gasteiger partial charge in [-0.3, -0.25) is 0 Å². The van der Waals surface area contributed by atoms with E-state index in [0.29, 0.717) is 11.7 Å². The normalized spacial score (nSPS) is 18.2. The number of anilines is 1. The van der Waals surface area contributed by atoms with E-state index in [1.807, 2.05) is 12.1 Å². The van der Waals surface area contributed by atoms with Crippen LogP contribution in [-0.2, 0) is 13.0 Å². The molecule has 1 N–H and O–H groups in total. The van der Waals surface area contributed by atoms with Crippen molar-refractivity contribution in [2.24, 2.45) is 5.92 Å². The fourth-order valence-corrected chi connectivity index (χ4v) is 2.88. The van der Waals surface area contributed by atoms with Crippen molar-refractivity contribution in [3.8, 4) is 5.75 Å². The smallest absolute Gasteiger partial charge is 0.115 e. The highest BCUT2D eigenvalue weighted by Gasteiger charge is 2.21. The Morgan fingerprint density at radius 3 is 2.63 bits per heavy atom. The zero-order valence-electron chi connectivity index (χ0n) is 11.2. The van der Waals surface area contributed by atoms with E-state index in [-0.39, 0.29) is 0 Å². The lowest BCUT2D eigenvalue weighted by atomic mass is 9.93. The first-order chi connectivity index (χ1) is 9.22. The molecule has 0 saturated carbocycles. The van der Waals surface area contributed by atoms with Crippen molar-refractivity contribution in [1.29, 1.82) is 0 Å². The summed E-state index contributed by atoms with van der Waals surface area (Å²) >= 11 is 0. The molecule has 1 aliphatic rings. The standard InChI is InChI=1S/C17H19NO/c1-13-10-15-4-2-3-5-17(15)18(11-13)12-14-6-8-16(19)9-7-14/h2-9,13,19H,10-12H2,1H3. The number of para-hydroxylation sites is 1. The second-order valence-electron chi connectivity index (χ2n) is 5.48. The van der Waals surface area contributed by atoms with Gasteiger partial charge >= 0.3 is 0 Å². The number of phenolic OH excluding ortho intramolecular Hbond substituents is 1. The average Bonchev–Trinajstić information content (AvgIpc) is 2.41. The number of hydrogen-bond acceptors (Lipinski definition) is 2. The summed E-state index contributed by atoms with van der Waals surface area (Å²) in [5, 5.41) is 9.35. The molecule has 2 aromatic rings. The van der Waals surface area contributed by atoms with E-state index in [2.05, 4.69) is 36.1 Å². The zero-order valence-corrected chi connectivity index (χ0v) is 11.2. The van der Waals surface area contributed by atoms with E-state index in [4.69, 9.17) is 0 Å². The van der Waals surface area contributed by atoms with Crippen LogP contribution in [-0.4, -0.2) is 11.7 Å². The van der Waals surface area contributed by atoms with Crippen LogP contribution in [0.25, 0.3) is 0 Å². The molecular formula is C17H19NO. The van der Waals surface area contributed by atoms with Crippen LogP contribution in [0.3, 0.4) is 0 Å². The maximum atomic E-state index is 9.35. The summed E-state index contributed by atoms with van der Waals surface area (Å²) in [6.07, 6.45) is 1.17. The van der Waals surface area contributed by atoms with Gasteiger partial charge in [-0.2, -0.15) is 0 Å². The third kappa shape index (κ3) is 2.58. The maximum absolute atomic E-state index is 9.35. The highest BCUT2D eigenvalue weighted by Crippen LogP contribution is 2.30. The van der Waals surface area contributed by atoms with E-state index in [9.17, 15) is 5.11 Å². The Labute approximate surface area is 114 Å². The monoisotopic (exact) mass is 253 g/mol. The van der Waals surface area contributed by atoms with Crippen molar-refractivity contribution < 1.29 is 5.11 Å². The van der Waals surface area contributed by atoms with Crippen LogP contribution >= 0.6 is 0 Å². The minimum atomic E-state index is 0.330. The van der Waals surface area contributed by atoms with Crippen molar-refractivity contribution in [3.05, 3.63) is 59.7 Å². The Bertz CT molecular complexity index is 562. The molecule has 2 aromatic carbocycles. The third-order valence-corrected chi connectivity index (χ3v) is 3.74. The van der Waals surface area contributed by atoms with Gasteiger partial charge in [-0.25, -0.2) is 0 Å². The number of aromatic hydroxyl groups is 1. The lowest BCUT2D eigenvalue weighted by Crippen LogP contribution is -2.33. The Hall–Kier alpha value is -1.96. The Morgan fingerprint density at radius 2 is 1.84 bits per heavy atom. The first kappa shape index (κ1) is 12.1. The topological polar surface area (TPSA) is 23.5 Å². The van der Waals surface area contributed by atoms with E-state index < -0.39 is 0 Å². The molecule has 2 nitrogen and oxygen atoms in total. The van der Waals surface area contributed by atoms with E-state index in [1.165, 1.54) is 23.2 Å². The van der Waals surface area contributed by atoms with Crippen molar-refractivity contribution in [2.45, 2.75) is 19.9 Å². The maximum Gasteiger partial charge on any atom is 0.115 e. The van der Waals surface area contributed by atoms with Crippen LogP contribution in [0.4, 0.5) is 5.69 Å². The summed E-state index contributed by atoms with van der Waals surface area (Å²) < 4.78 is 0. The summed E-state index contributed by atoms with van der Waals surface area (Å²) in [6, 6.07) is 16.2. The van der Waals surface area contributed by atoms with Gasteiger partial charge in [0.2, 0.25) is 0 Å². The summed E-state index contributed by atoms with van der Waals surface area (Å²) in [5.74, 6) is 1.02. The minimum absolute atomic E-state index is 0.330. The fraction of sp³-hybridized carbons (Fsp3) is 0.294. The van der Waals surface area contributed by atoms with Gasteiger partial charge in [0.1, 0.15) is 5.75 Å². The Balaban J connectivity index is 1.86. The molecule has 0 spiro atoms. The van der Waals surface area contributed by atoms with Crippen LogP contribution < -0.4 is 4.90 Å². The highest BCUT2D eigenvalue weighted by atomic mass is 16.3. The van der Waals surface area contributed by atoms with Crippen LogP contribution in [0.2, 0.25) is 0 Å². The minimum Gasteiger partial charge on any atom is -0.508 e. The molecule has 0 amide bonds. The first-order valence-corrected chi connectivity index (χ1v) is 6.83. The number of rotatable bonds is 2. The Kier molecular flexibility index (Phi) is 3.16. The largest absolute Gasteiger partial charge is 0.508 e. The fourth-order valence-electron chi connectivity index (χ4n) is 2.88. The number of phenols is 1. The third-order valence-electron chi connectivity index (χ3n) is 3.74. The number of fused-ring (bicyclic) bond motifs is 1. The highest BCUT2D eigenvalue weighted by molar-refractivity contribution is 5.56. The number of nitrogens with zero attached hydrogens (tertiary/aromatic N) is 1. The molecule has 0 fully saturated rings. The molecule has 0 bridgehead atoms. The Morgan fingerprint density at radius 1 is 1.11 bits per heavy atom. The summed E-state index contributed by atoms with van der Waals surface area (Å²) in [4.78, 5) is 2.44. The van der Waals surface area contributed by atoms with Gasteiger partial charge in [-0.05, 0) is 41.7 Å². The first-order valence-electron chi connectivity index (χ1n) is 6.83. The van der Waals surface area contributed by atoms with Crippen molar-refractivity contribution in [1.82, 2.24) is 0 Å². The molecule has 0 aromatic heterocycles. The summed E-state index contributed by atoms with van der Waals surface area (Å²) in [7, 11) is 0. The van der Waals surface area contributed by atoms with Crippen molar-refractivity contribution in [2.75, 3.05) is 11.4 Å². The SMILES string of the molecule is CC1Cc2ccccc2N(Cc2ccc(O)cc2)C1. The van der Waals surface area contributed by atoms with E-state index in [1.54, 1.807) is 12.1 Å². The second kappa shape index (κ2) is 4.96. The summed E-state index contributed by atoms with van der Waals surface area (Å²) in [5.41, 5.74) is 4.04. The predicted octanol–water partition coefficient (Wildman–Crippen LogP) is 3.59. The second-order valence-corrected chi connectivity index (χ2v) is 5.48. The van der Waals surface area contributed by atoms with Crippen LogP contribution in [0, 0.1) is 5.92 Å². The van der Waals surface area contributed by atoms with Gasteiger partial charge in [0.15, 0.2) is 0 Å². The molecule has 2 heteroatoms. The van der Waals surface area contributed by atoms with Gasteiger partial charge in [-0.15, -0.1) is 0 Å². The van der Waals surface area contributed by atoms with Gasteiger partial charge in [-0.1, -0.05) is 37.3 Å². The molecule has 0 saturated heterocycles. The van der Waals surface area contributed by atoms with Gasteiger partial charge in [0.05, 0.1) is 0 Å². The number of hydrogen-bond donors (Lipinski definition) is 1. The molecule has 98 valence electrons. The lowest BCUT2D eigenvalue weighted by molar-refractivity contribution is 0.475. The lowest BCUT2D eigenvalue weighted by Gasteiger charge is -2.35. The molecule has 0 aliphatic carbocycles. The molecule has 1 heterocycles. The molecule has 1 aliphatic heterocycles. The zero-order chi connectivity index (χ0) is 13.2. The van der Waals surface area contributed by atoms with Gasteiger partial charge < -0.3 is 10.0 Å². The van der Waals surface area contributed by atoms with Crippen molar-refractivity contribution in [3.63, 3.8) is 0 Å². The molecular weight excluding hydrogens is 234 g/mol. The quantitative estimate of drug-likeness (QED) is 0.884. The predicted molar refractivity (Wildman–Crippen MR) is 78.5 cm³/mol. The van der Waals surface area contributed by atoms with Gasteiger partial charge in [0, 0.05) is 18.8 Å². The number of benzene rings is 2. The molecule has 0 radical (unpaired) electrons. The average molecular weight is 253 g/mol. The van der Waals surface area contributed by atoms with Crippen LogP contribution in [0.5, 0.6) is 5.75 Å². The van der Waals surface area contributed by atoms with Crippen molar-refractivity contribution >= 4 is 5.69 Å². The molecule has 19 heavy (non-hydrogen) atoms. The molecule has 1 unspecified atom stereocenters. The van der Waals surface area contributed by atoms with Crippen LogP contribution in [0.1, 0.15) is 18.1 Å². The summed E-state index contributed by atoms with van der Waals surface area (Å²) in [6.45, 7) is 4.30. The molecule has 3 rings (SSSR count). The van der Waals surface area contributed by atoms with E-state index in [0.717, 1.165) is 13.1 Å². The molecule has 1 atom stereocenters. The van der Waals surface area contributed by atoms with E-state index >= 15 is 0 Å².